The lowest BCUT2D eigenvalue weighted by atomic mass is 10.2. The fraction of sp³-hybridized carbons (Fsp3) is 0.294. The van der Waals surface area contributed by atoms with Crippen LogP contribution in [0.25, 0.3) is 0 Å². The molecule has 1 aliphatic heterocycles. The van der Waals surface area contributed by atoms with E-state index in [2.05, 4.69) is 10.3 Å². The standard InChI is InChI=1S/C17H17ClN2O2S/c18-12-5-7-14(8-6-12)23-17-15(4-1-9-19-17)16(21)20-11-13-3-2-10-22-13/h1,4-9,13H,2-3,10-11H2,(H,20,21)/t13-/m0/s1. The Morgan fingerprint density at radius 3 is 2.91 bits per heavy atom. The van der Waals surface area contributed by atoms with E-state index in [0.717, 1.165) is 24.3 Å². The summed E-state index contributed by atoms with van der Waals surface area (Å²) < 4.78 is 5.53. The molecule has 3 rings (SSSR count). The Balaban J connectivity index is 1.69. The fourth-order valence-corrected chi connectivity index (χ4v) is 3.37. The topological polar surface area (TPSA) is 51.2 Å². The zero-order chi connectivity index (χ0) is 16.1. The smallest absolute Gasteiger partial charge is 0.254 e. The van der Waals surface area contributed by atoms with Gasteiger partial charge >= 0.3 is 0 Å². The maximum absolute atomic E-state index is 12.4. The summed E-state index contributed by atoms with van der Waals surface area (Å²) in [5.74, 6) is -0.120. The molecule has 120 valence electrons. The van der Waals surface area contributed by atoms with Crippen LogP contribution in [0.2, 0.25) is 5.02 Å². The number of pyridine rings is 1. The molecule has 0 saturated carbocycles. The van der Waals surface area contributed by atoms with Crippen molar-refractivity contribution in [2.45, 2.75) is 28.9 Å². The van der Waals surface area contributed by atoms with E-state index >= 15 is 0 Å². The normalized spacial score (nSPS) is 17.2. The van der Waals surface area contributed by atoms with Crippen LogP contribution in [0.5, 0.6) is 0 Å². The Morgan fingerprint density at radius 1 is 1.35 bits per heavy atom. The van der Waals surface area contributed by atoms with Gasteiger partial charge in [0.25, 0.3) is 5.91 Å². The maximum Gasteiger partial charge on any atom is 0.254 e. The first-order chi connectivity index (χ1) is 11.2. The number of hydrogen-bond donors (Lipinski definition) is 1. The molecule has 0 spiro atoms. The molecule has 1 aromatic carbocycles. The maximum atomic E-state index is 12.4. The lowest BCUT2D eigenvalue weighted by Crippen LogP contribution is -2.32. The summed E-state index contributed by atoms with van der Waals surface area (Å²) in [6, 6.07) is 11.0. The minimum atomic E-state index is -0.120. The summed E-state index contributed by atoms with van der Waals surface area (Å²) in [6.45, 7) is 1.32. The van der Waals surface area contributed by atoms with Gasteiger partial charge in [-0.25, -0.2) is 4.98 Å². The number of nitrogens with zero attached hydrogens (tertiary/aromatic N) is 1. The Kier molecular flexibility index (Phi) is 5.54. The molecule has 0 bridgehead atoms. The summed E-state index contributed by atoms with van der Waals surface area (Å²) >= 11 is 7.35. The molecule has 1 saturated heterocycles. The average Bonchev–Trinajstić information content (AvgIpc) is 3.09. The second-order valence-corrected chi connectivity index (χ2v) is 6.76. The van der Waals surface area contributed by atoms with Crippen molar-refractivity contribution < 1.29 is 9.53 Å². The van der Waals surface area contributed by atoms with Crippen molar-refractivity contribution in [3.8, 4) is 0 Å². The van der Waals surface area contributed by atoms with E-state index in [1.165, 1.54) is 11.8 Å². The third kappa shape index (κ3) is 4.47. The number of amides is 1. The first kappa shape index (κ1) is 16.3. The first-order valence-electron chi connectivity index (χ1n) is 7.50. The van der Waals surface area contributed by atoms with Gasteiger partial charge in [-0.3, -0.25) is 4.79 Å². The summed E-state index contributed by atoms with van der Waals surface area (Å²) in [5, 5.41) is 4.30. The van der Waals surface area contributed by atoms with Gasteiger partial charge in [-0.2, -0.15) is 0 Å². The Hall–Kier alpha value is -1.56. The van der Waals surface area contributed by atoms with Crippen molar-refractivity contribution in [3.63, 3.8) is 0 Å². The van der Waals surface area contributed by atoms with Crippen molar-refractivity contribution in [2.24, 2.45) is 0 Å². The quantitative estimate of drug-likeness (QED) is 0.893. The van der Waals surface area contributed by atoms with E-state index in [1.54, 1.807) is 18.3 Å². The van der Waals surface area contributed by atoms with E-state index in [-0.39, 0.29) is 12.0 Å². The van der Waals surface area contributed by atoms with Crippen molar-refractivity contribution in [3.05, 3.63) is 53.2 Å². The summed E-state index contributed by atoms with van der Waals surface area (Å²) in [6.07, 6.45) is 3.88. The second-order valence-electron chi connectivity index (χ2n) is 5.26. The minimum absolute atomic E-state index is 0.120. The highest BCUT2D eigenvalue weighted by Crippen LogP contribution is 2.29. The third-order valence-electron chi connectivity index (χ3n) is 3.56. The van der Waals surface area contributed by atoms with Crippen molar-refractivity contribution in [2.75, 3.05) is 13.2 Å². The van der Waals surface area contributed by atoms with Gasteiger partial charge in [-0.15, -0.1) is 0 Å². The van der Waals surface area contributed by atoms with E-state index < -0.39 is 0 Å². The number of ether oxygens (including phenoxy) is 1. The van der Waals surface area contributed by atoms with E-state index in [9.17, 15) is 4.79 Å². The van der Waals surface area contributed by atoms with Crippen LogP contribution in [0.1, 0.15) is 23.2 Å². The number of benzene rings is 1. The van der Waals surface area contributed by atoms with Gasteiger partial charge in [-0.05, 0) is 49.2 Å². The molecule has 1 fully saturated rings. The zero-order valence-corrected chi connectivity index (χ0v) is 14.1. The molecule has 1 amide bonds. The molecule has 6 heteroatoms. The van der Waals surface area contributed by atoms with Crippen molar-refractivity contribution in [1.82, 2.24) is 10.3 Å². The number of carbonyl (C=O) groups is 1. The second kappa shape index (κ2) is 7.81. The molecule has 23 heavy (non-hydrogen) atoms. The van der Waals surface area contributed by atoms with Gasteiger partial charge < -0.3 is 10.1 Å². The van der Waals surface area contributed by atoms with E-state index in [0.29, 0.717) is 22.2 Å². The number of nitrogens with one attached hydrogen (secondary N) is 1. The number of halogens is 1. The highest BCUT2D eigenvalue weighted by molar-refractivity contribution is 7.99. The molecule has 0 unspecified atom stereocenters. The molecule has 0 aliphatic carbocycles. The Labute approximate surface area is 144 Å². The van der Waals surface area contributed by atoms with Gasteiger partial charge in [0.2, 0.25) is 0 Å². The van der Waals surface area contributed by atoms with Gasteiger partial charge in [0.1, 0.15) is 5.03 Å². The molecule has 4 nitrogen and oxygen atoms in total. The minimum Gasteiger partial charge on any atom is -0.376 e. The van der Waals surface area contributed by atoms with Crippen LogP contribution in [-0.4, -0.2) is 30.1 Å². The monoisotopic (exact) mass is 348 g/mol. The van der Waals surface area contributed by atoms with Crippen LogP contribution in [0.15, 0.2) is 52.5 Å². The number of rotatable bonds is 5. The van der Waals surface area contributed by atoms with Gasteiger partial charge in [-0.1, -0.05) is 23.4 Å². The molecular weight excluding hydrogens is 332 g/mol. The molecule has 2 heterocycles. The molecule has 1 aliphatic rings. The molecular formula is C17H17ClN2O2S. The highest BCUT2D eigenvalue weighted by atomic mass is 35.5. The van der Waals surface area contributed by atoms with Crippen LogP contribution in [0.3, 0.4) is 0 Å². The zero-order valence-electron chi connectivity index (χ0n) is 12.5. The van der Waals surface area contributed by atoms with Crippen LogP contribution in [-0.2, 0) is 4.74 Å². The van der Waals surface area contributed by atoms with Crippen molar-refractivity contribution in [1.29, 1.82) is 0 Å². The lowest BCUT2D eigenvalue weighted by Gasteiger charge is -2.12. The van der Waals surface area contributed by atoms with Crippen LogP contribution >= 0.6 is 23.4 Å². The predicted octanol–water partition coefficient (Wildman–Crippen LogP) is 3.80. The largest absolute Gasteiger partial charge is 0.376 e. The molecule has 0 radical (unpaired) electrons. The van der Waals surface area contributed by atoms with Crippen molar-refractivity contribution >= 4 is 29.3 Å². The van der Waals surface area contributed by atoms with Crippen LogP contribution in [0.4, 0.5) is 0 Å². The molecule has 1 N–H and O–H groups in total. The van der Waals surface area contributed by atoms with Gasteiger partial charge in [0.05, 0.1) is 11.7 Å². The predicted molar refractivity (Wildman–Crippen MR) is 91.1 cm³/mol. The lowest BCUT2D eigenvalue weighted by molar-refractivity contribution is 0.0855. The average molecular weight is 349 g/mol. The van der Waals surface area contributed by atoms with E-state index in [1.807, 2.05) is 24.3 Å². The van der Waals surface area contributed by atoms with Gasteiger partial charge in [0.15, 0.2) is 0 Å². The number of carbonyl (C=O) groups excluding carboxylic acids is 1. The SMILES string of the molecule is O=C(NC[C@@H]1CCCO1)c1cccnc1Sc1ccc(Cl)cc1. The van der Waals surface area contributed by atoms with Crippen LogP contribution in [0, 0.1) is 0 Å². The molecule has 1 atom stereocenters. The van der Waals surface area contributed by atoms with E-state index in [4.69, 9.17) is 16.3 Å². The third-order valence-corrected chi connectivity index (χ3v) is 4.84. The Morgan fingerprint density at radius 2 is 2.17 bits per heavy atom. The Bertz CT molecular complexity index is 673. The number of aromatic nitrogens is 1. The number of hydrogen-bond acceptors (Lipinski definition) is 4. The molecule has 1 aromatic heterocycles. The highest BCUT2D eigenvalue weighted by Gasteiger charge is 2.18. The van der Waals surface area contributed by atoms with Crippen LogP contribution < -0.4 is 5.32 Å². The fourth-order valence-electron chi connectivity index (χ4n) is 2.37. The van der Waals surface area contributed by atoms with Gasteiger partial charge in [0, 0.05) is 29.3 Å². The summed E-state index contributed by atoms with van der Waals surface area (Å²) in [4.78, 5) is 17.7. The summed E-state index contributed by atoms with van der Waals surface area (Å²) in [5.41, 5.74) is 0.574. The molecule has 2 aromatic rings. The first-order valence-corrected chi connectivity index (χ1v) is 8.70. The summed E-state index contributed by atoms with van der Waals surface area (Å²) in [7, 11) is 0.